The maximum atomic E-state index is 12.7. The van der Waals surface area contributed by atoms with Crippen LogP contribution >= 0.6 is 11.6 Å². The summed E-state index contributed by atoms with van der Waals surface area (Å²) in [5.41, 5.74) is 8.09. The number of carbonyl (C=O) groups excluding carboxylic acids is 2. The van der Waals surface area contributed by atoms with Gasteiger partial charge in [0.2, 0.25) is 0 Å². The van der Waals surface area contributed by atoms with E-state index in [0.29, 0.717) is 66.3 Å². The van der Waals surface area contributed by atoms with Crippen molar-refractivity contribution in [1.29, 1.82) is 0 Å². The molecule has 3 heterocycles. The fourth-order valence-electron chi connectivity index (χ4n) is 5.10. The third kappa shape index (κ3) is 9.96. The second-order valence-corrected chi connectivity index (χ2v) is 11.3. The number of aliphatic hydroxyl groups excluding tert-OH is 2. The number of nitrogens with one attached hydrogen (secondary N) is 1. The molecule has 0 radical (unpaired) electrons. The SMILES string of the molecule is Nc1ncnc2c1c(C#CCNC(=O)c1ccc(C(=O)CCCOCCOCCCCCCCl)cc1)cn2[C@@H]1C[C@@H](O)[C@H](CO)O1. The normalized spacial score (nSPS) is 17.6. The van der Waals surface area contributed by atoms with Gasteiger partial charge in [-0.15, -0.1) is 11.6 Å². The van der Waals surface area contributed by atoms with Crippen LogP contribution in [-0.4, -0.2) is 94.1 Å². The summed E-state index contributed by atoms with van der Waals surface area (Å²) in [5.74, 6) is 6.55. The number of ether oxygens (including phenoxy) is 3. The summed E-state index contributed by atoms with van der Waals surface area (Å²) in [6.45, 7) is 2.00. The first-order valence-corrected chi connectivity index (χ1v) is 16.1. The van der Waals surface area contributed by atoms with E-state index in [-0.39, 0.29) is 37.1 Å². The van der Waals surface area contributed by atoms with E-state index in [1.54, 1.807) is 35.0 Å². The van der Waals surface area contributed by atoms with Crippen LogP contribution in [0.1, 0.15) is 77.5 Å². The number of halogens is 1. The summed E-state index contributed by atoms with van der Waals surface area (Å²) in [6, 6.07) is 6.51. The number of hydrogen-bond donors (Lipinski definition) is 4. The highest BCUT2D eigenvalue weighted by molar-refractivity contribution is 6.17. The molecule has 1 aliphatic rings. The first kappa shape index (κ1) is 35.3. The Bertz CT molecular complexity index is 1490. The van der Waals surface area contributed by atoms with Gasteiger partial charge >= 0.3 is 0 Å². The fraction of sp³-hybridized carbons (Fsp3) is 0.515. The average molecular weight is 656 g/mol. The number of alkyl halides is 1. The number of nitrogens with two attached hydrogens (primary N) is 1. The number of hydrogen-bond acceptors (Lipinski definition) is 10. The molecule has 0 bridgehead atoms. The number of nitrogen functional groups attached to an aromatic ring is 1. The van der Waals surface area contributed by atoms with Crippen LogP contribution in [-0.2, 0) is 14.2 Å². The van der Waals surface area contributed by atoms with Crippen LogP contribution in [0.2, 0.25) is 0 Å². The number of unbranched alkanes of at least 4 members (excludes halogenated alkanes) is 3. The van der Waals surface area contributed by atoms with E-state index >= 15 is 0 Å². The zero-order chi connectivity index (χ0) is 32.7. The molecule has 1 aliphatic heterocycles. The van der Waals surface area contributed by atoms with Crippen LogP contribution in [0, 0.1) is 11.8 Å². The molecule has 0 aliphatic carbocycles. The summed E-state index contributed by atoms with van der Waals surface area (Å²) in [6.07, 6.45) is 6.53. The Hall–Kier alpha value is -3.57. The maximum absolute atomic E-state index is 12.7. The topological polar surface area (TPSA) is 171 Å². The fourth-order valence-corrected chi connectivity index (χ4v) is 5.29. The Kier molecular flexibility index (Phi) is 14.2. The van der Waals surface area contributed by atoms with Crippen LogP contribution in [0.25, 0.3) is 11.0 Å². The van der Waals surface area contributed by atoms with Crippen molar-refractivity contribution < 1.29 is 34.0 Å². The quantitative estimate of drug-likeness (QED) is 0.0690. The third-order valence-electron chi connectivity index (χ3n) is 7.60. The van der Waals surface area contributed by atoms with E-state index < -0.39 is 18.4 Å². The van der Waals surface area contributed by atoms with Gasteiger partial charge in [-0.3, -0.25) is 9.59 Å². The first-order valence-electron chi connectivity index (χ1n) is 15.6. The summed E-state index contributed by atoms with van der Waals surface area (Å²) in [5, 5.41) is 22.9. The molecule has 1 saturated heterocycles. The summed E-state index contributed by atoms with van der Waals surface area (Å²) >= 11 is 5.66. The van der Waals surface area contributed by atoms with Crippen molar-refractivity contribution in [3.8, 4) is 11.8 Å². The minimum Gasteiger partial charge on any atom is -0.394 e. The molecule has 1 aromatic carbocycles. The molecule has 1 amide bonds. The van der Waals surface area contributed by atoms with Gasteiger partial charge in [-0.1, -0.05) is 36.8 Å². The lowest BCUT2D eigenvalue weighted by Crippen LogP contribution is -2.24. The molecule has 1 fully saturated rings. The van der Waals surface area contributed by atoms with Gasteiger partial charge in [-0.2, -0.15) is 0 Å². The molecule has 4 rings (SSSR count). The molecule has 0 saturated carbocycles. The van der Waals surface area contributed by atoms with E-state index in [9.17, 15) is 19.8 Å². The zero-order valence-corrected chi connectivity index (χ0v) is 26.6. The molecule has 46 heavy (non-hydrogen) atoms. The van der Waals surface area contributed by atoms with E-state index in [1.165, 1.54) is 6.33 Å². The standard InChI is InChI=1S/C33H42ClN5O7/c34-13-3-1-2-4-15-44-17-18-45-16-6-8-26(41)23-9-11-24(12-10-23)33(43)36-14-5-7-25-20-39(29-19-27(42)28(21-40)46-29)32-30(25)31(35)37-22-38-32/h9-12,20,22,27-29,40,42H,1-4,6,8,13-19,21H2,(H,36,43)(H2,35,37,38)/t27-,28+,29+/m1/s1. The molecule has 0 unspecified atom stereocenters. The minimum atomic E-state index is -0.814. The van der Waals surface area contributed by atoms with Crippen molar-refractivity contribution in [3.05, 3.63) is 53.5 Å². The number of fused-ring (bicyclic) bond motifs is 1. The second kappa shape index (κ2) is 18.5. The number of nitrogens with zero attached hydrogens (tertiary/aromatic N) is 3. The Morgan fingerprint density at radius 3 is 2.48 bits per heavy atom. The van der Waals surface area contributed by atoms with Crippen molar-refractivity contribution >= 4 is 40.1 Å². The lowest BCUT2D eigenvalue weighted by molar-refractivity contribution is -0.0430. The van der Waals surface area contributed by atoms with Gasteiger partial charge in [-0.25, -0.2) is 9.97 Å². The Morgan fingerprint density at radius 2 is 1.76 bits per heavy atom. The van der Waals surface area contributed by atoms with Crippen molar-refractivity contribution in [3.63, 3.8) is 0 Å². The maximum Gasteiger partial charge on any atom is 0.252 e. The molecular weight excluding hydrogens is 614 g/mol. The number of Topliss-reactive ketones (excluding diaryl/α,β-unsaturated/α-hetero) is 1. The number of ketones is 1. The van der Waals surface area contributed by atoms with Gasteiger partial charge in [0.25, 0.3) is 5.91 Å². The number of carbonyl (C=O) groups is 2. The molecule has 248 valence electrons. The largest absolute Gasteiger partial charge is 0.394 e. The van der Waals surface area contributed by atoms with Crippen molar-refractivity contribution in [1.82, 2.24) is 19.9 Å². The Balaban J connectivity index is 1.19. The molecule has 13 heteroatoms. The summed E-state index contributed by atoms with van der Waals surface area (Å²) < 4.78 is 18.6. The van der Waals surface area contributed by atoms with E-state index in [4.69, 9.17) is 31.5 Å². The number of aromatic nitrogens is 3. The van der Waals surface area contributed by atoms with Crippen LogP contribution < -0.4 is 11.1 Å². The molecule has 2 aromatic heterocycles. The average Bonchev–Trinajstić information content (AvgIpc) is 3.63. The van der Waals surface area contributed by atoms with Crippen LogP contribution in [0.3, 0.4) is 0 Å². The molecule has 3 atom stereocenters. The zero-order valence-electron chi connectivity index (χ0n) is 25.8. The highest BCUT2D eigenvalue weighted by Gasteiger charge is 2.35. The minimum absolute atomic E-state index is 0.0126. The van der Waals surface area contributed by atoms with Gasteiger partial charge in [0.15, 0.2) is 5.78 Å². The van der Waals surface area contributed by atoms with Crippen LogP contribution in [0.4, 0.5) is 5.82 Å². The predicted molar refractivity (Wildman–Crippen MR) is 174 cm³/mol. The van der Waals surface area contributed by atoms with Gasteiger partial charge in [0.05, 0.1) is 43.4 Å². The molecule has 12 nitrogen and oxygen atoms in total. The Morgan fingerprint density at radius 1 is 1.04 bits per heavy atom. The van der Waals surface area contributed by atoms with Crippen molar-refractivity contribution in [2.24, 2.45) is 0 Å². The summed E-state index contributed by atoms with van der Waals surface area (Å²) in [7, 11) is 0. The van der Waals surface area contributed by atoms with Crippen molar-refractivity contribution in [2.75, 3.05) is 51.2 Å². The second-order valence-electron chi connectivity index (χ2n) is 10.9. The van der Waals surface area contributed by atoms with Gasteiger partial charge in [0, 0.05) is 49.3 Å². The lowest BCUT2D eigenvalue weighted by Gasteiger charge is -2.14. The first-order chi connectivity index (χ1) is 22.4. The third-order valence-corrected chi connectivity index (χ3v) is 7.87. The molecule has 0 spiro atoms. The summed E-state index contributed by atoms with van der Waals surface area (Å²) in [4.78, 5) is 33.6. The molecule has 3 aromatic rings. The van der Waals surface area contributed by atoms with Gasteiger partial charge < -0.3 is 40.0 Å². The van der Waals surface area contributed by atoms with Crippen LogP contribution in [0.15, 0.2) is 36.8 Å². The monoisotopic (exact) mass is 655 g/mol. The number of amides is 1. The molecular formula is C33H42ClN5O7. The smallest absolute Gasteiger partial charge is 0.252 e. The Labute approximate surface area is 273 Å². The number of anilines is 1. The van der Waals surface area contributed by atoms with Crippen LogP contribution in [0.5, 0.6) is 0 Å². The van der Waals surface area contributed by atoms with Gasteiger partial charge in [-0.05, 0) is 31.4 Å². The predicted octanol–water partition coefficient (Wildman–Crippen LogP) is 3.23. The van der Waals surface area contributed by atoms with Crippen molar-refractivity contribution in [2.45, 2.75) is 63.4 Å². The number of benzene rings is 1. The molecule has 5 N–H and O–H groups in total. The number of rotatable bonds is 18. The lowest BCUT2D eigenvalue weighted by atomic mass is 10.0. The highest BCUT2D eigenvalue weighted by atomic mass is 35.5. The van der Waals surface area contributed by atoms with E-state index in [0.717, 1.165) is 32.3 Å². The highest BCUT2D eigenvalue weighted by Crippen LogP contribution is 2.33. The van der Waals surface area contributed by atoms with Gasteiger partial charge in [0.1, 0.15) is 30.1 Å². The number of aliphatic hydroxyl groups is 2. The van der Waals surface area contributed by atoms with E-state index in [2.05, 4.69) is 27.1 Å². The van der Waals surface area contributed by atoms with E-state index in [1.807, 2.05) is 0 Å².